The van der Waals surface area contributed by atoms with E-state index in [0.717, 1.165) is 25.0 Å². The highest BCUT2D eigenvalue weighted by molar-refractivity contribution is 6.30. The van der Waals surface area contributed by atoms with Crippen LogP contribution in [0, 0.1) is 0 Å². The van der Waals surface area contributed by atoms with E-state index in [2.05, 4.69) is 10.4 Å². The van der Waals surface area contributed by atoms with E-state index < -0.39 is 12.2 Å². The van der Waals surface area contributed by atoms with Gasteiger partial charge in [-0.1, -0.05) is 11.6 Å². The van der Waals surface area contributed by atoms with Crippen molar-refractivity contribution in [2.45, 2.75) is 49.0 Å². The number of carbonyl (C=O) groups is 1. The average molecular weight is 390 g/mol. The Bertz CT molecular complexity index is 908. The molecule has 0 radical (unpaired) electrons. The van der Waals surface area contributed by atoms with Crippen molar-refractivity contribution in [3.05, 3.63) is 41.2 Å². The number of ether oxygens (including phenoxy) is 2. The molecule has 2 heterocycles. The summed E-state index contributed by atoms with van der Waals surface area (Å²) in [5.41, 5.74) is 0.425. The Morgan fingerprint density at radius 2 is 2.22 bits per heavy atom. The van der Waals surface area contributed by atoms with Crippen LogP contribution >= 0.6 is 11.6 Å². The number of carbonyl (C=O) groups excluding carboxylic acids is 1. The van der Waals surface area contributed by atoms with Crippen molar-refractivity contribution >= 4 is 17.5 Å². The molecule has 0 spiro atoms. The Hall–Kier alpha value is -2.25. The normalized spacial score (nSPS) is 33.1. The lowest BCUT2D eigenvalue weighted by molar-refractivity contribution is -0.165. The summed E-state index contributed by atoms with van der Waals surface area (Å²) in [4.78, 5) is 12.7. The molecule has 142 valence electrons. The van der Waals surface area contributed by atoms with Crippen LogP contribution in [-0.4, -0.2) is 39.5 Å². The van der Waals surface area contributed by atoms with Gasteiger partial charge in [0.1, 0.15) is 5.75 Å². The molecular weight excluding hydrogens is 370 g/mol. The minimum atomic E-state index is -0.765. The molecule has 1 aliphatic heterocycles. The first kappa shape index (κ1) is 16.9. The predicted molar refractivity (Wildman–Crippen MR) is 96.9 cm³/mol. The van der Waals surface area contributed by atoms with Crippen LogP contribution in [0.25, 0.3) is 0 Å². The van der Waals surface area contributed by atoms with E-state index in [0.29, 0.717) is 16.3 Å². The highest BCUT2D eigenvalue weighted by Crippen LogP contribution is 2.65. The fourth-order valence-electron chi connectivity index (χ4n) is 4.70. The molecule has 1 amide bonds. The molecule has 0 saturated heterocycles. The zero-order valence-electron chi connectivity index (χ0n) is 14.8. The van der Waals surface area contributed by atoms with Gasteiger partial charge in [0.05, 0.1) is 31.1 Å². The van der Waals surface area contributed by atoms with Crippen molar-refractivity contribution in [3.63, 3.8) is 0 Å². The van der Waals surface area contributed by atoms with Crippen LogP contribution in [0.2, 0.25) is 5.02 Å². The second kappa shape index (κ2) is 5.62. The molecule has 2 bridgehead atoms. The number of benzene rings is 1. The van der Waals surface area contributed by atoms with E-state index in [-0.39, 0.29) is 23.4 Å². The van der Waals surface area contributed by atoms with E-state index in [4.69, 9.17) is 21.1 Å². The molecule has 3 fully saturated rings. The number of methoxy groups -OCH3 is 1. The molecule has 1 aromatic heterocycles. The molecule has 2 atom stereocenters. The molecule has 2 aromatic rings. The van der Waals surface area contributed by atoms with Gasteiger partial charge in [-0.15, -0.1) is 0 Å². The molecule has 2 N–H and O–H groups in total. The summed E-state index contributed by atoms with van der Waals surface area (Å²) >= 11 is 5.97. The molecule has 27 heavy (non-hydrogen) atoms. The Balaban J connectivity index is 1.23. The third-order valence-electron chi connectivity index (χ3n) is 6.00. The van der Waals surface area contributed by atoms with E-state index in [1.54, 1.807) is 31.5 Å². The van der Waals surface area contributed by atoms with Gasteiger partial charge in [0.2, 0.25) is 0 Å². The highest BCUT2D eigenvalue weighted by Gasteiger charge is 2.70. The summed E-state index contributed by atoms with van der Waals surface area (Å²) in [5.74, 6) is 1.07. The third kappa shape index (κ3) is 2.52. The van der Waals surface area contributed by atoms with Crippen molar-refractivity contribution < 1.29 is 19.4 Å². The summed E-state index contributed by atoms with van der Waals surface area (Å²) in [7, 11) is 1.62. The Labute approximate surface area is 161 Å². The van der Waals surface area contributed by atoms with Gasteiger partial charge in [-0.2, -0.15) is 5.10 Å². The molecule has 8 heteroatoms. The zero-order valence-corrected chi connectivity index (χ0v) is 15.6. The van der Waals surface area contributed by atoms with Gasteiger partial charge in [-0.3, -0.25) is 9.48 Å². The topological polar surface area (TPSA) is 85.6 Å². The molecule has 7 nitrogen and oxygen atoms in total. The largest absolute Gasteiger partial charge is 0.493 e. The van der Waals surface area contributed by atoms with Gasteiger partial charge < -0.3 is 19.9 Å². The first-order valence-corrected chi connectivity index (χ1v) is 9.35. The maximum atomic E-state index is 12.7. The number of aliphatic hydroxyl groups is 1. The number of rotatable bonds is 4. The monoisotopic (exact) mass is 389 g/mol. The van der Waals surface area contributed by atoms with Crippen LogP contribution in [0.3, 0.4) is 0 Å². The molecule has 6 rings (SSSR count). The van der Waals surface area contributed by atoms with E-state index in [1.807, 2.05) is 10.9 Å². The van der Waals surface area contributed by atoms with Crippen molar-refractivity contribution in [2.24, 2.45) is 0 Å². The van der Waals surface area contributed by atoms with Gasteiger partial charge in [0.15, 0.2) is 11.9 Å². The molecule has 3 aliphatic carbocycles. The highest BCUT2D eigenvalue weighted by atomic mass is 35.5. The van der Waals surface area contributed by atoms with Crippen LogP contribution in [-0.2, 0) is 10.3 Å². The second-order valence-corrected chi connectivity index (χ2v) is 8.33. The lowest BCUT2D eigenvalue weighted by Gasteiger charge is -2.70. The average Bonchev–Trinajstić information content (AvgIpc) is 3.06. The molecule has 4 aliphatic rings. The summed E-state index contributed by atoms with van der Waals surface area (Å²) in [6.07, 6.45) is 4.88. The maximum absolute atomic E-state index is 12.7. The number of nitrogens with one attached hydrogen (secondary N) is 1. The number of aromatic nitrogens is 2. The van der Waals surface area contributed by atoms with Gasteiger partial charge in [-0.05, 0) is 37.5 Å². The lowest BCUT2D eigenvalue weighted by Crippen LogP contribution is -2.79. The lowest BCUT2D eigenvalue weighted by atomic mass is 9.44. The Morgan fingerprint density at radius 3 is 2.93 bits per heavy atom. The fourth-order valence-corrected chi connectivity index (χ4v) is 4.88. The van der Waals surface area contributed by atoms with Gasteiger partial charge >= 0.3 is 0 Å². The number of aliphatic hydroxyl groups excluding tert-OH is 1. The molecular formula is C19H20ClN3O4. The smallest absolute Gasteiger partial charge is 0.261 e. The van der Waals surface area contributed by atoms with Gasteiger partial charge in [0, 0.05) is 22.5 Å². The molecule has 0 unspecified atom stereocenters. The first-order chi connectivity index (χ1) is 12.9. The molecule has 3 saturated carbocycles. The number of halogens is 1. The van der Waals surface area contributed by atoms with Crippen LogP contribution in [0.4, 0.5) is 0 Å². The van der Waals surface area contributed by atoms with Gasteiger partial charge in [0.25, 0.3) is 5.91 Å². The second-order valence-electron chi connectivity index (χ2n) is 7.89. The van der Waals surface area contributed by atoms with E-state index in [9.17, 15) is 9.90 Å². The molecule has 1 aromatic carbocycles. The van der Waals surface area contributed by atoms with Crippen molar-refractivity contribution in [2.75, 3.05) is 7.11 Å². The number of hydrogen-bond donors (Lipinski definition) is 2. The quantitative estimate of drug-likeness (QED) is 0.837. The summed E-state index contributed by atoms with van der Waals surface area (Å²) in [6.45, 7) is 0. The van der Waals surface area contributed by atoms with Crippen LogP contribution < -0.4 is 14.8 Å². The summed E-state index contributed by atoms with van der Waals surface area (Å²) < 4.78 is 12.9. The third-order valence-corrected chi connectivity index (χ3v) is 6.24. The minimum absolute atomic E-state index is 0.0135. The van der Waals surface area contributed by atoms with Crippen LogP contribution in [0.5, 0.6) is 11.5 Å². The maximum Gasteiger partial charge on any atom is 0.261 e. The van der Waals surface area contributed by atoms with Gasteiger partial charge in [-0.25, -0.2) is 0 Å². The Morgan fingerprint density at radius 1 is 1.44 bits per heavy atom. The number of nitrogens with zero attached hydrogens (tertiary/aromatic N) is 2. The number of hydrogen-bond acceptors (Lipinski definition) is 5. The zero-order chi connectivity index (χ0) is 18.8. The van der Waals surface area contributed by atoms with E-state index in [1.165, 1.54) is 0 Å². The predicted octanol–water partition coefficient (Wildman–Crippen LogP) is 2.18. The first-order valence-electron chi connectivity index (χ1n) is 8.97. The summed E-state index contributed by atoms with van der Waals surface area (Å²) in [6, 6.07) is 5.07. The van der Waals surface area contributed by atoms with E-state index >= 15 is 0 Å². The summed E-state index contributed by atoms with van der Waals surface area (Å²) in [5, 5.41) is 18.4. The van der Waals surface area contributed by atoms with Crippen molar-refractivity contribution in [1.82, 2.24) is 15.1 Å². The van der Waals surface area contributed by atoms with Crippen molar-refractivity contribution in [3.8, 4) is 11.5 Å². The van der Waals surface area contributed by atoms with Crippen molar-refractivity contribution in [1.29, 1.82) is 0 Å². The minimum Gasteiger partial charge on any atom is -0.493 e. The van der Waals surface area contributed by atoms with Crippen LogP contribution in [0.15, 0.2) is 30.6 Å². The number of fused-ring (bicyclic) bond motifs is 1. The fraction of sp³-hybridized carbons (Fsp3) is 0.474. The standard InChI is InChI=1S/C19H20ClN3O4/c1-26-12-6-21-23(7-12)19-8-18(9-19,10-19)22-17(25)16-5-14(24)13-4-11(20)2-3-15(13)27-16/h2-4,6-7,14,16,24H,5,8-10H2,1H3,(H,22,25)/t14-,16-,18?,19?/m1/s1. The SMILES string of the molecule is COc1cnn(C23CC(NC(=O)[C@H]4C[C@@H](O)c5cc(Cl)ccc5O4)(C2)C3)c1. The van der Waals surface area contributed by atoms with Crippen LogP contribution in [0.1, 0.15) is 37.4 Å². The number of amides is 1. The Kier molecular flexibility index (Phi) is 3.52.